The average Bonchev–Trinajstić information content (AvgIpc) is 2.53. The molecule has 6 heteroatoms. The molecule has 0 aliphatic carbocycles. The van der Waals surface area contributed by atoms with Gasteiger partial charge in [-0.25, -0.2) is 4.79 Å². The quantitative estimate of drug-likeness (QED) is 0.655. The average molecular weight is 222 g/mol. The number of carbonyl (C=O) groups is 1. The van der Waals surface area contributed by atoms with Gasteiger partial charge in [-0.3, -0.25) is 5.32 Å². The number of nitrogens with one attached hydrogen (secondary N) is 2. The summed E-state index contributed by atoms with van der Waals surface area (Å²) in [6.07, 6.45) is 0.829. The van der Waals surface area contributed by atoms with Crippen molar-refractivity contribution < 1.29 is 4.79 Å². The van der Waals surface area contributed by atoms with Crippen LogP contribution in [0.5, 0.6) is 0 Å². The van der Waals surface area contributed by atoms with E-state index in [-0.39, 0.29) is 0 Å². The molecule has 0 bridgehead atoms. The second kappa shape index (κ2) is 3.88. The Bertz CT molecular complexity index is 446. The van der Waals surface area contributed by atoms with E-state index in [0.717, 1.165) is 30.0 Å². The number of hydrogen-bond acceptors (Lipinski definition) is 4. The zero-order chi connectivity index (χ0) is 10.8. The molecular formula is C9H10N4OS. The molecule has 1 aromatic heterocycles. The first-order valence-corrected chi connectivity index (χ1v) is 5.36. The van der Waals surface area contributed by atoms with Crippen molar-refractivity contribution in [1.82, 2.24) is 5.32 Å². The Labute approximate surface area is 90.9 Å². The van der Waals surface area contributed by atoms with E-state index in [1.54, 1.807) is 0 Å². The van der Waals surface area contributed by atoms with Gasteiger partial charge in [-0.2, -0.15) is 5.26 Å². The van der Waals surface area contributed by atoms with Gasteiger partial charge in [0.15, 0.2) is 0 Å². The van der Waals surface area contributed by atoms with Gasteiger partial charge >= 0.3 is 6.03 Å². The van der Waals surface area contributed by atoms with E-state index in [2.05, 4.69) is 16.7 Å². The number of carbonyl (C=O) groups excluding carboxylic acids is 1. The summed E-state index contributed by atoms with van der Waals surface area (Å²) in [5, 5.41) is 15.3. The Balaban J connectivity index is 2.43. The minimum absolute atomic E-state index is 0.565. The summed E-state index contributed by atoms with van der Waals surface area (Å²) in [7, 11) is 0. The molecule has 4 N–H and O–H groups in total. The SMILES string of the molecule is N#Cc1c(NC(N)=O)sc2c1CCNC2. The van der Waals surface area contributed by atoms with Crippen molar-refractivity contribution in [3.05, 3.63) is 16.0 Å². The molecule has 15 heavy (non-hydrogen) atoms. The number of urea groups is 1. The van der Waals surface area contributed by atoms with Crippen molar-refractivity contribution in [2.75, 3.05) is 11.9 Å². The molecule has 2 heterocycles. The second-order valence-corrected chi connectivity index (χ2v) is 4.34. The molecule has 2 rings (SSSR count). The van der Waals surface area contributed by atoms with Crippen LogP contribution in [0.2, 0.25) is 0 Å². The van der Waals surface area contributed by atoms with E-state index in [1.807, 2.05) is 0 Å². The van der Waals surface area contributed by atoms with Crippen molar-refractivity contribution >= 4 is 22.4 Å². The van der Waals surface area contributed by atoms with Crippen LogP contribution in [0.3, 0.4) is 0 Å². The first-order valence-electron chi connectivity index (χ1n) is 4.54. The van der Waals surface area contributed by atoms with Crippen molar-refractivity contribution in [1.29, 1.82) is 5.26 Å². The lowest BCUT2D eigenvalue weighted by molar-refractivity contribution is 0.259. The Morgan fingerprint density at radius 2 is 2.47 bits per heavy atom. The molecule has 0 radical (unpaired) electrons. The van der Waals surface area contributed by atoms with Gasteiger partial charge < -0.3 is 11.1 Å². The highest BCUT2D eigenvalue weighted by atomic mass is 32.1. The van der Waals surface area contributed by atoms with Gasteiger partial charge in [0.1, 0.15) is 11.1 Å². The van der Waals surface area contributed by atoms with Crippen LogP contribution in [-0.2, 0) is 13.0 Å². The molecule has 78 valence electrons. The third kappa shape index (κ3) is 1.79. The number of nitrogens with two attached hydrogens (primary N) is 1. The van der Waals surface area contributed by atoms with E-state index in [0.29, 0.717) is 10.6 Å². The molecule has 1 aliphatic rings. The lowest BCUT2D eigenvalue weighted by atomic mass is 10.1. The van der Waals surface area contributed by atoms with Crippen molar-refractivity contribution in [3.8, 4) is 6.07 Å². The van der Waals surface area contributed by atoms with Crippen molar-refractivity contribution in [2.24, 2.45) is 5.73 Å². The molecule has 0 fully saturated rings. The molecule has 1 aromatic rings. The summed E-state index contributed by atoms with van der Waals surface area (Å²) in [6, 6.07) is 1.49. The zero-order valence-electron chi connectivity index (χ0n) is 7.96. The maximum Gasteiger partial charge on any atom is 0.317 e. The number of fused-ring (bicyclic) bond motifs is 1. The summed E-state index contributed by atoms with van der Waals surface area (Å²) >= 11 is 1.42. The van der Waals surface area contributed by atoms with Crippen LogP contribution in [0.1, 0.15) is 16.0 Å². The number of hydrogen-bond donors (Lipinski definition) is 3. The van der Waals surface area contributed by atoms with Crippen LogP contribution in [0.4, 0.5) is 9.80 Å². The topological polar surface area (TPSA) is 90.9 Å². The maximum absolute atomic E-state index is 10.7. The van der Waals surface area contributed by atoms with E-state index < -0.39 is 6.03 Å². The van der Waals surface area contributed by atoms with Gasteiger partial charge in [0.25, 0.3) is 0 Å². The Kier molecular flexibility index (Phi) is 2.58. The monoisotopic (exact) mass is 222 g/mol. The van der Waals surface area contributed by atoms with E-state index in [1.165, 1.54) is 11.3 Å². The summed E-state index contributed by atoms with van der Waals surface area (Å²) in [5.41, 5.74) is 6.65. The number of nitrogens with zero attached hydrogens (tertiary/aromatic N) is 1. The molecule has 0 atom stereocenters. The maximum atomic E-state index is 10.7. The van der Waals surface area contributed by atoms with Gasteiger partial charge in [-0.15, -0.1) is 11.3 Å². The third-order valence-corrected chi connectivity index (χ3v) is 3.42. The summed E-state index contributed by atoms with van der Waals surface area (Å²) in [6.45, 7) is 1.63. The van der Waals surface area contributed by atoms with Gasteiger partial charge in [0.05, 0.1) is 5.56 Å². The standard InChI is InChI=1S/C9H10N4OS/c10-3-6-5-1-2-12-4-7(5)15-8(6)13-9(11)14/h12H,1-2,4H2,(H3,11,13,14). The molecule has 0 aromatic carbocycles. The summed E-state index contributed by atoms with van der Waals surface area (Å²) in [5.74, 6) is 0. The minimum Gasteiger partial charge on any atom is -0.351 e. The first-order chi connectivity index (χ1) is 7.22. The first kappa shape index (κ1) is 9.96. The Morgan fingerprint density at radius 3 is 3.13 bits per heavy atom. The fourth-order valence-electron chi connectivity index (χ4n) is 1.65. The van der Waals surface area contributed by atoms with Gasteiger partial charge in [0.2, 0.25) is 0 Å². The fraction of sp³-hybridized carbons (Fsp3) is 0.333. The number of primary amides is 1. The predicted octanol–water partition coefficient (Wildman–Crippen LogP) is 0.756. The Morgan fingerprint density at radius 1 is 1.67 bits per heavy atom. The molecule has 1 aliphatic heterocycles. The lowest BCUT2D eigenvalue weighted by Gasteiger charge is -2.11. The molecule has 2 amide bonds. The Hall–Kier alpha value is -1.58. The van der Waals surface area contributed by atoms with E-state index in [9.17, 15) is 4.79 Å². The van der Waals surface area contributed by atoms with Crippen LogP contribution >= 0.6 is 11.3 Å². The smallest absolute Gasteiger partial charge is 0.317 e. The second-order valence-electron chi connectivity index (χ2n) is 3.24. The number of amides is 2. The highest BCUT2D eigenvalue weighted by molar-refractivity contribution is 7.16. The lowest BCUT2D eigenvalue weighted by Crippen LogP contribution is -2.22. The number of anilines is 1. The number of nitriles is 1. The van der Waals surface area contributed by atoms with Crippen LogP contribution in [0, 0.1) is 11.3 Å². The fourth-order valence-corrected chi connectivity index (χ4v) is 2.82. The van der Waals surface area contributed by atoms with Crippen LogP contribution in [0.15, 0.2) is 0 Å². The highest BCUT2D eigenvalue weighted by Crippen LogP contribution is 2.34. The molecule has 0 unspecified atom stereocenters. The summed E-state index contributed by atoms with van der Waals surface area (Å²) < 4.78 is 0. The van der Waals surface area contributed by atoms with Crippen molar-refractivity contribution in [2.45, 2.75) is 13.0 Å². The van der Waals surface area contributed by atoms with Crippen LogP contribution < -0.4 is 16.4 Å². The van der Waals surface area contributed by atoms with Gasteiger partial charge in [0, 0.05) is 11.4 Å². The normalized spacial score (nSPS) is 14.1. The number of rotatable bonds is 1. The molecule has 0 spiro atoms. The van der Waals surface area contributed by atoms with Gasteiger partial charge in [-0.1, -0.05) is 0 Å². The van der Waals surface area contributed by atoms with E-state index in [4.69, 9.17) is 11.0 Å². The molecular weight excluding hydrogens is 212 g/mol. The number of thiophene rings is 1. The largest absolute Gasteiger partial charge is 0.351 e. The predicted molar refractivity (Wildman–Crippen MR) is 57.7 cm³/mol. The highest BCUT2D eigenvalue weighted by Gasteiger charge is 2.20. The molecule has 0 saturated carbocycles. The van der Waals surface area contributed by atoms with E-state index >= 15 is 0 Å². The van der Waals surface area contributed by atoms with Crippen molar-refractivity contribution in [3.63, 3.8) is 0 Å². The van der Waals surface area contributed by atoms with Crippen LogP contribution in [-0.4, -0.2) is 12.6 Å². The van der Waals surface area contributed by atoms with Gasteiger partial charge in [-0.05, 0) is 18.5 Å². The zero-order valence-corrected chi connectivity index (χ0v) is 8.78. The molecule has 5 nitrogen and oxygen atoms in total. The summed E-state index contributed by atoms with van der Waals surface area (Å²) in [4.78, 5) is 11.9. The third-order valence-electron chi connectivity index (χ3n) is 2.28. The minimum atomic E-state index is -0.627. The molecule has 0 saturated heterocycles. The van der Waals surface area contributed by atoms with Crippen LogP contribution in [0.25, 0.3) is 0 Å².